The molecule has 2 aromatic heterocycles. The van der Waals surface area contributed by atoms with Gasteiger partial charge in [0.1, 0.15) is 17.4 Å². The fraction of sp³-hybridized carbons (Fsp3) is 0.111. The number of thiophene rings is 1. The van der Waals surface area contributed by atoms with Crippen LogP contribution in [-0.4, -0.2) is 4.98 Å². The first kappa shape index (κ1) is 17.9. The molecule has 0 atom stereocenters. The molecule has 0 bridgehead atoms. The molecule has 0 fully saturated rings. The first-order chi connectivity index (χ1) is 12.2. The van der Waals surface area contributed by atoms with Crippen LogP contribution in [0.3, 0.4) is 0 Å². The summed E-state index contributed by atoms with van der Waals surface area (Å²) in [5.41, 5.74) is -2.62. The maximum atomic E-state index is 14.2. The van der Waals surface area contributed by atoms with Gasteiger partial charge in [-0.05, 0) is 43.3 Å². The number of aryl methyl sites for hydroxylation is 1. The van der Waals surface area contributed by atoms with Crippen molar-refractivity contribution in [1.29, 1.82) is 5.26 Å². The van der Waals surface area contributed by atoms with Crippen molar-refractivity contribution >= 4 is 11.3 Å². The van der Waals surface area contributed by atoms with Gasteiger partial charge >= 0.3 is 6.18 Å². The zero-order valence-corrected chi connectivity index (χ0v) is 14.1. The molecule has 0 aliphatic rings. The van der Waals surface area contributed by atoms with E-state index in [1.165, 1.54) is 17.4 Å². The molecule has 0 amide bonds. The van der Waals surface area contributed by atoms with Crippen molar-refractivity contribution < 1.29 is 17.6 Å². The second-order valence-electron chi connectivity index (χ2n) is 5.52. The number of nitriles is 1. The number of aromatic amines is 1. The predicted molar refractivity (Wildman–Crippen MR) is 90.2 cm³/mol. The largest absolute Gasteiger partial charge is 0.416 e. The molecule has 0 radical (unpaired) electrons. The van der Waals surface area contributed by atoms with Gasteiger partial charge in [0, 0.05) is 16.0 Å². The Kier molecular flexibility index (Phi) is 4.42. The summed E-state index contributed by atoms with van der Waals surface area (Å²) in [5.74, 6) is -0.951. The molecule has 26 heavy (non-hydrogen) atoms. The number of nitrogens with zero attached hydrogens (tertiary/aromatic N) is 1. The Balaban J connectivity index is 2.29. The van der Waals surface area contributed by atoms with Crippen molar-refractivity contribution in [2.24, 2.45) is 0 Å². The maximum Gasteiger partial charge on any atom is 0.416 e. The highest BCUT2D eigenvalue weighted by Crippen LogP contribution is 2.35. The highest BCUT2D eigenvalue weighted by molar-refractivity contribution is 7.15. The Morgan fingerprint density at radius 1 is 1.12 bits per heavy atom. The van der Waals surface area contributed by atoms with E-state index in [4.69, 9.17) is 0 Å². The number of H-pyrrole nitrogens is 1. The molecular weight excluding hydrogens is 368 g/mol. The van der Waals surface area contributed by atoms with Gasteiger partial charge in [-0.3, -0.25) is 4.79 Å². The molecule has 0 unspecified atom stereocenters. The number of nitrogens with one attached hydrogen (secondary N) is 1. The van der Waals surface area contributed by atoms with Gasteiger partial charge in [0.25, 0.3) is 5.56 Å². The van der Waals surface area contributed by atoms with Gasteiger partial charge in [-0.15, -0.1) is 11.3 Å². The Bertz CT molecular complexity index is 1090. The van der Waals surface area contributed by atoms with E-state index in [0.717, 1.165) is 4.88 Å². The first-order valence-corrected chi connectivity index (χ1v) is 8.13. The van der Waals surface area contributed by atoms with E-state index in [9.17, 15) is 27.6 Å². The normalized spacial score (nSPS) is 11.4. The van der Waals surface area contributed by atoms with Crippen LogP contribution in [0, 0.1) is 24.1 Å². The van der Waals surface area contributed by atoms with E-state index < -0.39 is 34.2 Å². The summed E-state index contributed by atoms with van der Waals surface area (Å²) in [6.07, 6.45) is -4.68. The number of rotatable bonds is 2. The highest BCUT2D eigenvalue weighted by Gasteiger charge is 2.31. The summed E-state index contributed by atoms with van der Waals surface area (Å²) in [4.78, 5) is 16.3. The summed E-state index contributed by atoms with van der Waals surface area (Å²) >= 11 is 1.35. The number of hydrogen-bond acceptors (Lipinski definition) is 3. The van der Waals surface area contributed by atoms with E-state index in [-0.39, 0.29) is 5.56 Å². The number of benzene rings is 1. The summed E-state index contributed by atoms with van der Waals surface area (Å²) in [6.45, 7) is 1.85. The van der Waals surface area contributed by atoms with Crippen molar-refractivity contribution in [2.75, 3.05) is 0 Å². The van der Waals surface area contributed by atoms with Crippen LogP contribution in [0.15, 0.2) is 41.2 Å². The van der Waals surface area contributed by atoms with Crippen molar-refractivity contribution in [1.82, 2.24) is 4.98 Å². The second-order valence-corrected chi connectivity index (χ2v) is 6.80. The number of pyridine rings is 1. The second kappa shape index (κ2) is 6.42. The van der Waals surface area contributed by atoms with Gasteiger partial charge in [0.05, 0.1) is 16.1 Å². The molecule has 1 aromatic carbocycles. The van der Waals surface area contributed by atoms with Gasteiger partial charge in [-0.25, -0.2) is 4.39 Å². The van der Waals surface area contributed by atoms with E-state index in [1.54, 1.807) is 18.2 Å². The molecule has 3 nitrogen and oxygen atoms in total. The molecule has 132 valence electrons. The third-order valence-corrected chi connectivity index (χ3v) is 4.77. The SMILES string of the molecule is Cc1ccc(-c2cc(-c3cc(C(F)(F)F)ccc3F)c(C#N)c(=O)[nH]2)s1. The van der Waals surface area contributed by atoms with Crippen molar-refractivity contribution in [2.45, 2.75) is 13.1 Å². The van der Waals surface area contributed by atoms with E-state index in [0.29, 0.717) is 28.8 Å². The van der Waals surface area contributed by atoms with Crippen LogP contribution in [0.1, 0.15) is 16.0 Å². The maximum absolute atomic E-state index is 14.2. The molecule has 0 aliphatic heterocycles. The van der Waals surface area contributed by atoms with Crippen LogP contribution in [0.2, 0.25) is 0 Å². The lowest BCUT2D eigenvalue weighted by molar-refractivity contribution is -0.137. The lowest BCUT2D eigenvalue weighted by Gasteiger charge is -2.12. The zero-order chi connectivity index (χ0) is 19.1. The van der Waals surface area contributed by atoms with Gasteiger partial charge in [0.15, 0.2) is 0 Å². The number of halogens is 4. The van der Waals surface area contributed by atoms with E-state index in [1.807, 2.05) is 6.92 Å². The monoisotopic (exact) mass is 378 g/mol. The van der Waals surface area contributed by atoms with Crippen LogP contribution >= 0.6 is 11.3 Å². The lowest BCUT2D eigenvalue weighted by Crippen LogP contribution is -2.13. The van der Waals surface area contributed by atoms with Crippen LogP contribution < -0.4 is 5.56 Å². The summed E-state index contributed by atoms with van der Waals surface area (Å²) in [7, 11) is 0. The molecular formula is C18H10F4N2OS. The Morgan fingerprint density at radius 3 is 2.42 bits per heavy atom. The van der Waals surface area contributed by atoms with E-state index >= 15 is 0 Å². The zero-order valence-electron chi connectivity index (χ0n) is 13.2. The quantitative estimate of drug-likeness (QED) is 0.630. The molecule has 2 heterocycles. The van der Waals surface area contributed by atoms with Gasteiger partial charge in [0.2, 0.25) is 0 Å². The van der Waals surface area contributed by atoms with Crippen LogP contribution in [-0.2, 0) is 6.18 Å². The topological polar surface area (TPSA) is 56.6 Å². The molecule has 3 rings (SSSR count). The third kappa shape index (κ3) is 3.26. The van der Waals surface area contributed by atoms with Gasteiger partial charge < -0.3 is 4.98 Å². The highest BCUT2D eigenvalue weighted by atomic mass is 32.1. The fourth-order valence-electron chi connectivity index (χ4n) is 2.50. The third-order valence-electron chi connectivity index (χ3n) is 3.73. The van der Waals surface area contributed by atoms with Crippen molar-refractivity contribution in [3.8, 4) is 27.8 Å². The standard InChI is InChI=1S/C18H10F4N2OS/c1-9-2-5-16(26-9)15-7-11(13(8-23)17(25)24-15)12-6-10(18(20,21)22)3-4-14(12)19/h2-7H,1H3,(H,24,25). The van der Waals surface area contributed by atoms with E-state index in [2.05, 4.69) is 4.98 Å². The Hall–Kier alpha value is -2.92. The molecule has 0 saturated carbocycles. The van der Waals surface area contributed by atoms with Gasteiger partial charge in [-0.1, -0.05) is 0 Å². The predicted octanol–water partition coefficient (Wildman–Crippen LogP) is 5.11. The summed E-state index contributed by atoms with van der Waals surface area (Å²) in [6, 6.07) is 8.39. The summed E-state index contributed by atoms with van der Waals surface area (Å²) < 4.78 is 53.2. The lowest BCUT2D eigenvalue weighted by atomic mass is 9.98. The van der Waals surface area contributed by atoms with Crippen LogP contribution in [0.5, 0.6) is 0 Å². The molecule has 0 saturated heterocycles. The van der Waals surface area contributed by atoms with Crippen molar-refractivity contribution in [3.63, 3.8) is 0 Å². The number of alkyl halides is 3. The molecule has 3 aromatic rings. The minimum absolute atomic E-state index is 0.180. The fourth-order valence-corrected chi connectivity index (χ4v) is 3.34. The smallest absolute Gasteiger partial charge is 0.320 e. The molecule has 0 aliphatic carbocycles. The minimum atomic E-state index is -4.68. The Morgan fingerprint density at radius 2 is 1.85 bits per heavy atom. The van der Waals surface area contributed by atoms with Crippen LogP contribution in [0.25, 0.3) is 21.7 Å². The van der Waals surface area contributed by atoms with Crippen molar-refractivity contribution in [3.05, 3.63) is 68.6 Å². The first-order valence-electron chi connectivity index (χ1n) is 7.32. The minimum Gasteiger partial charge on any atom is -0.320 e. The number of hydrogen-bond donors (Lipinski definition) is 1. The average molecular weight is 378 g/mol. The van der Waals surface area contributed by atoms with Crippen LogP contribution in [0.4, 0.5) is 17.6 Å². The molecule has 8 heteroatoms. The number of aromatic nitrogens is 1. The van der Waals surface area contributed by atoms with Gasteiger partial charge in [-0.2, -0.15) is 18.4 Å². The Labute approximate surface area is 149 Å². The average Bonchev–Trinajstić information content (AvgIpc) is 3.00. The molecule has 1 N–H and O–H groups in total. The molecule has 0 spiro atoms. The summed E-state index contributed by atoms with van der Waals surface area (Å²) in [5, 5.41) is 9.23.